The summed E-state index contributed by atoms with van der Waals surface area (Å²) in [6, 6.07) is 15.1. The molecule has 0 aliphatic carbocycles. The third-order valence-electron chi connectivity index (χ3n) is 5.76. The molecule has 5 rings (SSSR count). The van der Waals surface area contributed by atoms with Gasteiger partial charge in [0.25, 0.3) is 0 Å². The number of amidine groups is 1. The van der Waals surface area contributed by atoms with Crippen molar-refractivity contribution in [3.63, 3.8) is 0 Å². The van der Waals surface area contributed by atoms with Crippen molar-refractivity contribution in [1.29, 1.82) is 0 Å². The molecule has 1 saturated heterocycles. The number of benzene rings is 1. The Morgan fingerprint density at radius 1 is 1.10 bits per heavy atom. The van der Waals surface area contributed by atoms with E-state index in [4.69, 9.17) is 4.99 Å². The Bertz CT molecular complexity index is 1070. The Balaban J connectivity index is 1.62. The summed E-state index contributed by atoms with van der Waals surface area (Å²) < 4.78 is 15.6. The molecule has 0 amide bonds. The fourth-order valence-corrected chi connectivity index (χ4v) is 5.62. The van der Waals surface area contributed by atoms with Crippen LogP contribution in [0.2, 0.25) is 0 Å². The van der Waals surface area contributed by atoms with Crippen LogP contribution in [0.3, 0.4) is 0 Å². The van der Waals surface area contributed by atoms with Crippen LogP contribution in [0.4, 0.5) is 4.39 Å². The van der Waals surface area contributed by atoms with Gasteiger partial charge in [0.05, 0.1) is 11.7 Å². The maximum absolute atomic E-state index is 13.4. The highest BCUT2D eigenvalue weighted by Crippen LogP contribution is 2.48. The molecule has 2 aromatic heterocycles. The highest BCUT2D eigenvalue weighted by atomic mass is 32.2. The van der Waals surface area contributed by atoms with E-state index in [9.17, 15) is 4.39 Å². The van der Waals surface area contributed by atoms with E-state index in [2.05, 4.69) is 47.4 Å². The van der Waals surface area contributed by atoms with Gasteiger partial charge in [-0.3, -0.25) is 9.98 Å². The first-order valence-electron chi connectivity index (χ1n) is 9.89. The summed E-state index contributed by atoms with van der Waals surface area (Å²) in [4.78, 5) is 12.1. The highest BCUT2D eigenvalue weighted by molar-refractivity contribution is 8.14. The molecule has 2 aliphatic heterocycles. The van der Waals surface area contributed by atoms with Gasteiger partial charge in [-0.15, -0.1) is 0 Å². The van der Waals surface area contributed by atoms with E-state index < -0.39 is 0 Å². The van der Waals surface area contributed by atoms with Crippen molar-refractivity contribution >= 4 is 16.9 Å². The van der Waals surface area contributed by atoms with Crippen molar-refractivity contribution < 1.29 is 4.39 Å². The first-order valence-corrected chi connectivity index (χ1v) is 10.8. The van der Waals surface area contributed by atoms with Crippen LogP contribution in [0, 0.1) is 19.7 Å². The van der Waals surface area contributed by atoms with Gasteiger partial charge in [-0.1, -0.05) is 24.8 Å². The number of pyridine rings is 1. The Hall–Kier alpha value is -2.60. The van der Waals surface area contributed by atoms with Crippen molar-refractivity contribution in [2.24, 2.45) is 4.99 Å². The monoisotopic (exact) mass is 406 g/mol. The van der Waals surface area contributed by atoms with Crippen LogP contribution < -0.4 is 0 Å². The Morgan fingerprint density at radius 2 is 1.90 bits per heavy atom. The predicted octanol–water partition coefficient (Wildman–Crippen LogP) is 5.22. The first kappa shape index (κ1) is 18.4. The van der Waals surface area contributed by atoms with Crippen LogP contribution in [0.5, 0.6) is 0 Å². The zero-order valence-electron chi connectivity index (χ0n) is 16.7. The number of aryl methyl sites for hydroxylation is 1. The van der Waals surface area contributed by atoms with E-state index in [-0.39, 0.29) is 17.9 Å². The minimum Gasteiger partial charge on any atom is -0.341 e. The molecular weight excluding hydrogens is 383 g/mol. The lowest BCUT2D eigenvalue weighted by Gasteiger charge is -2.27. The molecule has 3 aromatic rings. The molecule has 6 heteroatoms. The van der Waals surface area contributed by atoms with Crippen LogP contribution in [-0.4, -0.2) is 31.4 Å². The van der Waals surface area contributed by atoms with Gasteiger partial charge in [0.1, 0.15) is 11.9 Å². The number of thioether (sulfide) groups is 1. The fraction of sp³-hybridized carbons (Fsp3) is 0.304. The molecule has 0 N–H and O–H groups in total. The molecule has 4 heterocycles. The summed E-state index contributed by atoms with van der Waals surface area (Å²) in [7, 11) is 0. The van der Waals surface area contributed by atoms with Gasteiger partial charge in [0.15, 0.2) is 5.17 Å². The van der Waals surface area contributed by atoms with Gasteiger partial charge in [0, 0.05) is 35.1 Å². The molecule has 3 atom stereocenters. The number of nitrogens with zero attached hydrogens (tertiary/aromatic N) is 4. The van der Waals surface area contributed by atoms with Crippen molar-refractivity contribution in [2.75, 3.05) is 6.54 Å². The number of halogens is 1. The van der Waals surface area contributed by atoms with Crippen LogP contribution in [0.15, 0.2) is 59.7 Å². The van der Waals surface area contributed by atoms with Crippen molar-refractivity contribution in [1.82, 2.24) is 14.5 Å². The van der Waals surface area contributed by atoms with E-state index in [1.165, 1.54) is 23.4 Å². The van der Waals surface area contributed by atoms with E-state index in [1.807, 2.05) is 42.2 Å². The molecule has 2 aliphatic rings. The standard InChI is InChI=1S/C23H23FN4S/c1-14-12-19(16(3)28(14)18-9-7-17(24)8-10-18)22-21(20-6-4-5-11-25-20)26-23-27(22)13-15(2)29-23/h4-12,15,21-22H,13H2,1-3H3/t15-,21-,22-/m0/s1. The topological polar surface area (TPSA) is 33.4 Å². The largest absolute Gasteiger partial charge is 0.341 e. The summed E-state index contributed by atoms with van der Waals surface area (Å²) in [5.74, 6) is -0.219. The van der Waals surface area contributed by atoms with Crippen LogP contribution in [-0.2, 0) is 0 Å². The summed E-state index contributed by atoms with van der Waals surface area (Å²) in [6.45, 7) is 7.48. The van der Waals surface area contributed by atoms with Gasteiger partial charge in [-0.05, 0) is 61.9 Å². The molecule has 0 saturated carbocycles. The molecule has 0 unspecified atom stereocenters. The molecule has 148 valence electrons. The number of fused-ring (bicyclic) bond motifs is 1. The van der Waals surface area contributed by atoms with Gasteiger partial charge < -0.3 is 9.47 Å². The lowest BCUT2D eigenvalue weighted by Crippen LogP contribution is -2.28. The maximum atomic E-state index is 13.4. The summed E-state index contributed by atoms with van der Waals surface area (Å²) in [6.07, 6.45) is 1.84. The van der Waals surface area contributed by atoms with Gasteiger partial charge in [0.2, 0.25) is 0 Å². The molecule has 0 bridgehead atoms. The molecule has 0 spiro atoms. The van der Waals surface area contributed by atoms with Crippen molar-refractivity contribution in [2.45, 2.75) is 38.1 Å². The van der Waals surface area contributed by atoms with Crippen LogP contribution in [0.25, 0.3) is 5.69 Å². The van der Waals surface area contributed by atoms with Gasteiger partial charge >= 0.3 is 0 Å². The lowest BCUT2D eigenvalue weighted by molar-refractivity contribution is 0.320. The minimum absolute atomic E-state index is 0.0200. The smallest absolute Gasteiger partial charge is 0.160 e. The number of rotatable bonds is 3. The van der Waals surface area contributed by atoms with Crippen LogP contribution >= 0.6 is 11.8 Å². The number of hydrogen-bond donors (Lipinski definition) is 0. The van der Waals surface area contributed by atoms with Gasteiger partial charge in [-0.25, -0.2) is 4.39 Å². The zero-order chi connectivity index (χ0) is 20.1. The van der Waals surface area contributed by atoms with E-state index in [0.717, 1.165) is 28.8 Å². The SMILES string of the molecule is Cc1cc([C@H]2[C@H](c3ccccn3)N=C3S[C@@H](C)CN32)c(C)n1-c1ccc(F)cc1. The summed E-state index contributed by atoms with van der Waals surface area (Å²) in [5, 5.41) is 1.64. The number of aliphatic imine (C=N–C) groups is 1. The molecule has 29 heavy (non-hydrogen) atoms. The van der Waals surface area contributed by atoms with Crippen molar-refractivity contribution in [3.05, 3.63) is 83.2 Å². The van der Waals surface area contributed by atoms with E-state index in [1.54, 1.807) is 0 Å². The molecule has 0 radical (unpaired) electrons. The van der Waals surface area contributed by atoms with Gasteiger partial charge in [-0.2, -0.15) is 0 Å². The fourth-order valence-electron chi connectivity index (χ4n) is 4.53. The summed E-state index contributed by atoms with van der Waals surface area (Å²) in [5.41, 5.74) is 5.54. The Kier molecular flexibility index (Phi) is 4.46. The van der Waals surface area contributed by atoms with E-state index in [0.29, 0.717) is 5.25 Å². The quantitative estimate of drug-likeness (QED) is 0.598. The minimum atomic E-state index is -0.219. The molecule has 4 nitrogen and oxygen atoms in total. The second kappa shape index (κ2) is 7.02. The maximum Gasteiger partial charge on any atom is 0.160 e. The number of hydrogen-bond acceptors (Lipinski definition) is 4. The molecular formula is C23H23FN4S. The number of aromatic nitrogens is 2. The second-order valence-corrected chi connectivity index (χ2v) is 9.18. The molecule has 1 fully saturated rings. The average Bonchev–Trinajstić information content (AvgIpc) is 3.33. The lowest BCUT2D eigenvalue weighted by atomic mass is 9.96. The third-order valence-corrected chi connectivity index (χ3v) is 6.86. The second-order valence-electron chi connectivity index (χ2n) is 7.78. The normalized spacial score (nSPS) is 23.4. The van der Waals surface area contributed by atoms with Crippen molar-refractivity contribution in [3.8, 4) is 5.69 Å². The summed E-state index contributed by atoms with van der Waals surface area (Å²) >= 11 is 1.85. The highest BCUT2D eigenvalue weighted by Gasteiger charge is 2.44. The Labute approximate surface area is 174 Å². The predicted molar refractivity (Wildman–Crippen MR) is 116 cm³/mol. The average molecular weight is 407 g/mol. The zero-order valence-corrected chi connectivity index (χ0v) is 17.5. The first-order chi connectivity index (χ1) is 14.0. The third kappa shape index (κ3) is 3.06. The molecule has 1 aromatic carbocycles. The van der Waals surface area contributed by atoms with Crippen LogP contribution in [0.1, 0.15) is 41.7 Å². The Morgan fingerprint density at radius 3 is 2.62 bits per heavy atom. The van der Waals surface area contributed by atoms with E-state index >= 15 is 0 Å².